The van der Waals surface area contributed by atoms with Crippen molar-refractivity contribution in [3.63, 3.8) is 0 Å². The van der Waals surface area contributed by atoms with Gasteiger partial charge in [-0.2, -0.15) is 0 Å². The average Bonchev–Trinajstić information content (AvgIpc) is 2.66. The van der Waals surface area contributed by atoms with Crippen LogP contribution in [0.3, 0.4) is 0 Å². The summed E-state index contributed by atoms with van der Waals surface area (Å²) in [5.41, 5.74) is -0.560. The van der Waals surface area contributed by atoms with Crippen molar-refractivity contribution in [3.05, 3.63) is 0 Å². The maximum atomic E-state index is 11.8. The Labute approximate surface area is 108 Å². The molecule has 1 rings (SSSR count). The van der Waals surface area contributed by atoms with E-state index in [2.05, 4.69) is 16.0 Å². The van der Waals surface area contributed by atoms with E-state index in [1.54, 1.807) is 27.7 Å². The number of carbonyl (C=O) groups is 2. The van der Waals surface area contributed by atoms with E-state index in [4.69, 9.17) is 4.74 Å². The Hall–Kier alpha value is -1.30. The smallest absolute Gasteiger partial charge is 0.408 e. The lowest BCUT2D eigenvalue weighted by molar-refractivity contribution is -0.123. The molecule has 6 nitrogen and oxygen atoms in total. The summed E-state index contributed by atoms with van der Waals surface area (Å²) in [5, 5.41) is 8.55. The Balaban J connectivity index is 2.32. The van der Waals surface area contributed by atoms with Crippen molar-refractivity contribution in [3.8, 4) is 0 Å². The minimum Gasteiger partial charge on any atom is -0.444 e. The zero-order valence-corrected chi connectivity index (χ0v) is 11.5. The summed E-state index contributed by atoms with van der Waals surface area (Å²) >= 11 is 0. The van der Waals surface area contributed by atoms with Crippen molar-refractivity contribution in [2.24, 2.45) is 0 Å². The van der Waals surface area contributed by atoms with Gasteiger partial charge in [0.2, 0.25) is 5.91 Å². The number of amides is 2. The van der Waals surface area contributed by atoms with Gasteiger partial charge in [0.25, 0.3) is 0 Å². The second-order valence-electron chi connectivity index (χ2n) is 5.57. The first-order valence-corrected chi connectivity index (χ1v) is 6.28. The molecule has 1 aliphatic heterocycles. The van der Waals surface area contributed by atoms with Gasteiger partial charge < -0.3 is 20.7 Å². The van der Waals surface area contributed by atoms with Gasteiger partial charge in [0, 0.05) is 12.6 Å². The third-order valence-corrected chi connectivity index (χ3v) is 2.53. The van der Waals surface area contributed by atoms with E-state index in [0.29, 0.717) is 0 Å². The molecular formula is C12H23N3O3. The Bertz CT molecular complexity index is 306. The fourth-order valence-corrected chi connectivity index (χ4v) is 1.65. The fourth-order valence-electron chi connectivity index (χ4n) is 1.65. The summed E-state index contributed by atoms with van der Waals surface area (Å²) in [7, 11) is 0. The zero-order chi connectivity index (χ0) is 13.8. The molecular weight excluding hydrogens is 234 g/mol. The quantitative estimate of drug-likeness (QED) is 0.683. The molecule has 1 fully saturated rings. The Morgan fingerprint density at radius 2 is 2.06 bits per heavy atom. The van der Waals surface area contributed by atoms with Crippen LogP contribution in [0.15, 0.2) is 0 Å². The van der Waals surface area contributed by atoms with Crippen LogP contribution in [-0.4, -0.2) is 42.8 Å². The second kappa shape index (κ2) is 6.04. The molecule has 2 atom stereocenters. The van der Waals surface area contributed by atoms with Crippen LogP contribution in [0.4, 0.5) is 4.79 Å². The molecule has 1 saturated heterocycles. The van der Waals surface area contributed by atoms with E-state index >= 15 is 0 Å². The van der Waals surface area contributed by atoms with Gasteiger partial charge in [-0.3, -0.25) is 4.79 Å². The van der Waals surface area contributed by atoms with Crippen LogP contribution in [0.5, 0.6) is 0 Å². The third kappa shape index (κ3) is 5.35. The maximum Gasteiger partial charge on any atom is 0.408 e. The molecule has 0 saturated carbocycles. The van der Waals surface area contributed by atoms with Crippen LogP contribution in [-0.2, 0) is 9.53 Å². The number of hydrogen-bond donors (Lipinski definition) is 3. The standard InChI is InChI=1S/C12H23N3O3/c1-8(14-11(17)18-12(2,3)4)10(16)15-9-5-6-13-7-9/h8-9,13H,5-7H2,1-4H3,(H,14,17)(H,15,16)/t8-,9-/m0/s1. The molecule has 0 unspecified atom stereocenters. The summed E-state index contributed by atoms with van der Waals surface area (Å²) in [6, 6.07) is -0.444. The molecule has 18 heavy (non-hydrogen) atoms. The van der Waals surface area contributed by atoms with Gasteiger partial charge in [-0.1, -0.05) is 0 Å². The van der Waals surface area contributed by atoms with Crippen LogP contribution < -0.4 is 16.0 Å². The molecule has 0 radical (unpaired) electrons. The van der Waals surface area contributed by atoms with Crippen molar-refractivity contribution in [1.29, 1.82) is 0 Å². The normalized spacial score (nSPS) is 21.2. The highest BCUT2D eigenvalue weighted by Crippen LogP contribution is 2.06. The number of carbonyl (C=O) groups excluding carboxylic acids is 2. The lowest BCUT2D eigenvalue weighted by atomic mass is 10.2. The van der Waals surface area contributed by atoms with Crippen LogP contribution in [0.2, 0.25) is 0 Å². The minimum atomic E-state index is -0.597. The van der Waals surface area contributed by atoms with Gasteiger partial charge in [0.1, 0.15) is 11.6 Å². The molecule has 3 N–H and O–H groups in total. The first-order valence-electron chi connectivity index (χ1n) is 6.28. The van der Waals surface area contributed by atoms with Crippen LogP contribution >= 0.6 is 0 Å². The molecule has 0 aromatic carbocycles. The Kier molecular flexibility index (Phi) is 4.95. The first-order chi connectivity index (χ1) is 8.28. The summed E-state index contributed by atoms with van der Waals surface area (Å²) in [6.45, 7) is 8.68. The molecule has 0 aromatic heterocycles. The van der Waals surface area contributed by atoms with Crippen LogP contribution in [0.1, 0.15) is 34.1 Å². The number of rotatable bonds is 3. The Morgan fingerprint density at radius 1 is 1.39 bits per heavy atom. The second-order valence-corrected chi connectivity index (χ2v) is 5.57. The van der Waals surface area contributed by atoms with Crippen molar-refractivity contribution < 1.29 is 14.3 Å². The summed E-state index contributed by atoms with van der Waals surface area (Å²) < 4.78 is 5.09. The predicted molar refractivity (Wildman–Crippen MR) is 68.2 cm³/mol. The van der Waals surface area contributed by atoms with E-state index in [1.165, 1.54) is 0 Å². The van der Waals surface area contributed by atoms with Crippen LogP contribution in [0.25, 0.3) is 0 Å². The predicted octanol–water partition coefficient (Wildman–Crippen LogP) is 0.378. The number of nitrogens with one attached hydrogen (secondary N) is 3. The zero-order valence-electron chi connectivity index (χ0n) is 11.5. The van der Waals surface area contributed by atoms with E-state index in [0.717, 1.165) is 19.5 Å². The molecule has 6 heteroatoms. The largest absolute Gasteiger partial charge is 0.444 e. The molecule has 104 valence electrons. The highest BCUT2D eigenvalue weighted by molar-refractivity contribution is 5.85. The number of ether oxygens (including phenoxy) is 1. The van der Waals surface area contributed by atoms with Gasteiger partial charge >= 0.3 is 6.09 Å². The maximum absolute atomic E-state index is 11.8. The highest BCUT2D eigenvalue weighted by atomic mass is 16.6. The molecule has 0 bridgehead atoms. The lowest BCUT2D eigenvalue weighted by Crippen LogP contribution is -2.49. The minimum absolute atomic E-state index is 0.153. The van der Waals surface area contributed by atoms with E-state index < -0.39 is 17.7 Å². The summed E-state index contributed by atoms with van der Waals surface area (Å²) in [6.07, 6.45) is 0.347. The molecule has 0 aliphatic carbocycles. The van der Waals surface area contributed by atoms with Gasteiger partial charge in [0.05, 0.1) is 0 Å². The average molecular weight is 257 g/mol. The highest BCUT2D eigenvalue weighted by Gasteiger charge is 2.23. The topological polar surface area (TPSA) is 79.5 Å². The monoisotopic (exact) mass is 257 g/mol. The van der Waals surface area contributed by atoms with Gasteiger partial charge in [-0.25, -0.2) is 4.79 Å². The van der Waals surface area contributed by atoms with Crippen molar-refractivity contribution in [2.45, 2.75) is 51.8 Å². The third-order valence-electron chi connectivity index (χ3n) is 2.53. The first kappa shape index (κ1) is 14.8. The van der Waals surface area contributed by atoms with E-state index in [9.17, 15) is 9.59 Å². The summed E-state index contributed by atoms with van der Waals surface area (Å²) in [4.78, 5) is 23.3. The SMILES string of the molecule is C[C@H](NC(=O)OC(C)(C)C)C(=O)N[C@H]1CCNC1. The van der Waals surface area contributed by atoms with Gasteiger partial charge in [0.15, 0.2) is 0 Å². The van der Waals surface area contributed by atoms with E-state index in [1.807, 2.05) is 0 Å². The molecule has 0 aromatic rings. The lowest BCUT2D eigenvalue weighted by Gasteiger charge is -2.22. The molecule has 2 amide bonds. The number of hydrogen-bond acceptors (Lipinski definition) is 4. The molecule has 0 spiro atoms. The summed E-state index contributed by atoms with van der Waals surface area (Å²) in [5.74, 6) is -0.186. The number of alkyl carbamates (subject to hydrolysis) is 1. The molecule has 1 aliphatic rings. The van der Waals surface area contributed by atoms with Gasteiger partial charge in [-0.05, 0) is 40.7 Å². The van der Waals surface area contributed by atoms with Crippen LogP contribution in [0, 0.1) is 0 Å². The fraction of sp³-hybridized carbons (Fsp3) is 0.833. The molecule has 1 heterocycles. The van der Waals surface area contributed by atoms with E-state index in [-0.39, 0.29) is 11.9 Å². The van der Waals surface area contributed by atoms with Crippen molar-refractivity contribution >= 4 is 12.0 Å². The van der Waals surface area contributed by atoms with Gasteiger partial charge in [-0.15, -0.1) is 0 Å². The Morgan fingerprint density at radius 3 is 2.56 bits per heavy atom. The van der Waals surface area contributed by atoms with Crippen molar-refractivity contribution in [2.75, 3.05) is 13.1 Å². The van der Waals surface area contributed by atoms with Crippen molar-refractivity contribution in [1.82, 2.24) is 16.0 Å².